The van der Waals surface area contributed by atoms with Crippen molar-refractivity contribution in [2.24, 2.45) is 9.98 Å². The minimum Gasteiger partial charge on any atom is -0.336 e. The van der Waals surface area contributed by atoms with Gasteiger partial charge in [-0.05, 0) is 48.5 Å². The van der Waals surface area contributed by atoms with Gasteiger partial charge in [-0.15, -0.1) is 0 Å². The minimum absolute atomic E-state index is 0.177. The molecule has 0 bridgehead atoms. The number of allylic oxidation sites excluding steroid dienone is 4. The van der Waals surface area contributed by atoms with Crippen LogP contribution in [0.4, 0.5) is 18.0 Å². The molecule has 2 aliphatic heterocycles. The predicted molar refractivity (Wildman–Crippen MR) is 101 cm³/mol. The molecule has 1 aromatic carbocycles. The van der Waals surface area contributed by atoms with Gasteiger partial charge >= 0.3 is 12.2 Å². The monoisotopic (exact) mass is 408 g/mol. The van der Waals surface area contributed by atoms with Gasteiger partial charge in [-0.1, -0.05) is 12.1 Å². The second kappa shape index (κ2) is 8.03. The fraction of sp³-hybridized carbons (Fsp3) is 0.167. The van der Waals surface area contributed by atoms with Gasteiger partial charge < -0.3 is 5.32 Å². The van der Waals surface area contributed by atoms with Crippen molar-refractivity contribution in [1.82, 2.24) is 10.4 Å². The normalized spacial score (nSPS) is 18.1. The highest BCUT2D eigenvalue weighted by Gasteiger charge is 2.31. The summed E-state index contributed by atoms with van der Waals surface area (Å²) >= 11 is 1.13. The summed E-state index contributed by atoms with van der Waals surface area (Å²) in [6.45, 7) is 2.16. The number of amides is 2. The maximum atomic E-state index is 12.8. The van der Waals surface area contributed by atoms with E-state index in [0.29, 0.717) is 28.3 Å². The number of amidine groups is 1. The van der Waals surface area contributed by atoms with Crippen LogP contribution in [0, 0.1) is 0 Å². The third-order valence-electron chi connectivity index (χ3n) is 3.70. The van der Waals surface area contributed by atoms with Gasteiger partial charge in [0.05, 0.1) is 11.3 Å². The largest absolute Gasteiger partial charge is 0.416 e. The first-order chi connectivity index (χ1) is 13.3. The van der Waals surface area contributed by atoms with Gasteiger partial charge in [0, 0.05) is 29.4 Å². The summed E-state index contributed by atoms with van der Waals surface area (Å²) in [4.78, 5) is 20.6. The maximum Gasteiger partial charge on any atom is 0.416 e. The molecule has 0 atom stereocenters. The van der Waals surface area contributed by atoms with Gasteiger partial charge in [-0.25, -0.2) is 14.9 Å². The van der Waals surface area contributed by atoms with E-state index in [-0.39, 0.29) is 5.17 Å². The van der Waals surface area contributed by atoms with Gasteiger partial charge in [-0.3, -0.25) is 5.21 Å². The zero-order chi connectivity index (χ0) is 20.3. The number of urea groups is 1. The summed E-state index contributed by atoms with van der Waals surface area (Å²) in [5, 5.41) is 13.0. The molecule has 2 heterocycles. The fourth-order valence-corrected chi connectivity index (χ4v) is 3.37. The van der Waals surface area contributed by atoms with Crippen LogP contribution < -0.4 is 5.32 Å². The van der Waals surface area contributed by atoms with Crippen LogP contribution in [0.15, 0.2) is 69.3 Å². The van der Waals surface area contributed by atoms with Crippen LogP contribution in [-0.2, 0) is 6.18 Å². The van der Waals surface area contributed by atoms with Gasteiger partial charge in [-0.2, -0.15) is 18.2 Å². The molecule has 2 N–H and O–H groups in total. The number of benzene rings is 1. The van der Waals surface area contributed by atoms with Crippen LogP contribution in [0.1, 0.15) is 18.1 Å². The lowest BCUT2D eigenvalue weighted by Gasteiger charge is -2.13. The second-order valence-corrected chi connectivity index (χ2v) is 6.64. The number of carbonyl (C=O) groups excluding carboxylic acids is 1. The first-order valence-electron chi connectivity index (χ1n) is 8.17. The molecule has 0 saturated heterocycles. The average molecular weight is 408 g/mol. The molecule has 28 heavy (non-hydrogen) atoms. The van der Waals surface area contributed by atoms with E-state index in [9.17, 15) is 23.2 Å². The first-order valence-corrected chi connectivity index (χ1v) is 8.98. The van der Waals surface area contributed by atoms with Crippen LogP contribution in [0.25, 0.3) is 0 Å². The third-order valence-corrected chi connectivity index (χ3v) is 4.70. The smallest absolute Gasteiger partial charge is 0.336 e. The first kappa shape index (κ1) is 19.9. The van der Waals surface area contributed by atoms with Crippen LogP contribution in [0.3, 0.4) is 0 Å². The molecule has 1 aromatic rings. The number of halogens is 3. The Kier molecular flexibility index (Phi) is 5.71. The van der Waals surface area contributed by atoms with Crippen LogP contribution in [0.2, 0.25) is 0 Å². The van der Waals surface area contributed by atoms with E-state index in [4.69, 9.17) is 0 Å². The van der Waals surface area contributed by atoms with Crippen molar-refractivity contribution in [1.29, 1.82) is 0 Å². The molecule has 0 fully saturated rings. The molecule has 146 valence electrons. The van der Waals surface area contributed by atoms with Gasteiger partial charge in [0.1, 0.15) is 0 Å². The van der Waals surface area contributed by atoms with E-state index in [2.05, 4.69) is 15.3 Å². The van der Waals surface area contributed by atoms with Crippen molar-refractivity contribution in [3.8, 4) is 0 Å². The lowest BCUT2D eigenvalue weighted by molar-refractivity contribution is -0.137. The summed E-state index contributed by atoms with van der Waals surface area (Å²) in [5.41, 5.74) is 0.770. The Morgan fingerprint density at radius 3 is 2.46 bits per heavy atom. The topological polar surface area (TPSA) is 77.3 Å². The van der Waals surface area contributed by atoms with E-state index in [0.717, 1.165) is 29.0 Å². The number of nitrogens with zero attached hydrogens (tertiary/aromatic N) is 3. The average Bonchev–Trinajstić information content (AvgIpc) is 3.05. The summed E-state index contributed by atoms with van der Waals surface area (Å²) in [6, 6.07) is 4.05. The molecule has 2 aliphatic rings. The van der Waals surface area contributed by atoms with E-state index in [1.54, 1.807) is 19.1 Å². The van der Waals surface area contributed by atoms with Crippen molar-refractivity contribution in [2.45, 2.75) is 13.1 Å². The number of hydrogen-bond acceptors (Lipinski definition) is 4. The Bertz CT molecular complexity index is 915. The van der Waals surface area contributed by atoms with Crippen LogP contribution in [-0.4, -0.2) is 33.7 Å². The van der Waals surface area contributed by atoms with E-state index < -0.39 is 17.8 Å². The van der Waals surface area contributed by atoms with Crippen LogP contribution in [0.5, 0.6) is 0 Å². The lowest BCUT2D eigenvalue weighted by Crippen LogP contribution is -2.19. The van der Waals surface area contributed by atoms with E-state index >= 15 is 0 Å². The Labute approximate surface area is 162 Å². The van der Waals surface area contributed by atoms with Crippen molar-refractivity contribution < 1.29 is 23.2 Å². The van der Waals surface area contributed by atoms with Crippen molar-refractivity contribution >= 4 is 28.7 Å². The van der Waals surface area contributed by atoms with Crippen molar-refractivity contribution in [3.63, 3.8) is 0 Å². The number of thioether (sulfide) groups is 1. The minimum atomic E-state index is -4.43. The summed E-state index contributed by atoms with van der Waals surface area (Å²) in [5.74, 6) is 0. The molecule has 0 unspecified atom stereocenters. The number of hydrogen-bond donors (Lipinski definition) is 2. The van der Waals surface area contributed by atoms with Gasteiger partial charge in [0.15, 0.2) is 5.17 Å². The Morgan fingerprint density at radius 1 is 1.25 bits per heavy atom. The highest BCUT2D eigenvalue weighted by Crippen LogP contribution is 2.36. The Balaban J connectivity index is 2.02. The number of aliphatic imine (C=N–C) groups is 2. The maximum absolute atomic E-state index is 12.8. The molecular weight excluding hydrogens is 393 g/mol. The summed E-state index contributed by atoms with van der Waals surface area (Å²) in [7, 11) is 0. The molecule has 6 nitrogen and oxygen atoms in total. The van der Waals surface area contributed by atoms with E-state index in [1.165, 1.54) is 24.5 Å². The number of nitrogens with one attached hydrogen (secondary N) is 1. The quantitative estimate of drug-likeness (QED) is 0.764. The predicted octanol–water partition coefficient (Wildman–Crippen LogP) is 4.31. The fourth-order valence-electron chi connectivity index (χ4n) is 2.41. The lowest BCUT2D eigenvalue weighted by atomic mass is 10.0. The van der Waals surface area contributed by atoms with Gasteiger partial charge in [0.25, 0.3) is 0 Å². The number of carbonyl (C=O) groups is 1. The van der Waals surface area contributed by atoms with Gasteiger partial charge in [0.2, 0.25) is 0 Å². The standard InChI is InChI=1S/C18H15F3N4O2S/c1-2-22-16(26)24-17-23-14(11-3-5-13(6-4-11)18(19,20)21)15(28-17)12-7-9-25(27)10-8-12/h3-10,27H,2H2,1H3,(H,22,26). The zero-order valence-corrected chi connectivity index (χ0v) is 15.4. The van der Waals surface area contributed by atoms with Crippen molar-refractivity contribution in [2.75, 3.05) is 6.54 Å². The summed E-state index contributed by atoms with van der Waals surface area (Å²) < 4.78 is 38.5. The molecule has 0 aromatic heterocycles. The SMILES string of the molecule is CCNC(=O)N=C1N=C(c2ccc(C(F)(F)F)cc2)C(=C2C=CN(O)C=C2)S1. The van der Waals surface area contributed by atoms with Crippen LogP contribution >= 0.6 is 11.8 Å². The van der Waals surface area contributed by atoms with Crippen molar-refractivity contribution in [3.05, 3.63) is 70.4 Å². The second-order valence-electron chi connectivity index (χ2n) is 5.66. The molecule has 2 amide bonds. The molecular formula is C18H15F3N4O2S. The molecule has 3 rings (SSSR count). The highest BCUT2D eigenvalue weighted by molar-refractivity contribution is 8.18. The number of rotatable bonds is 2. The molecule has 0 spiro atoms. The Hall–Kier alpha value is -2.85. The molecule has 10 heteroatoms. The Morgan fingerprint density at radius 2 is 1.89 bits per heavy atom. The summed E-state index contributed by atoms with van der Waals surface area (Å²) in [6.07, 6.45) is 1.63. The zero-order valence-electron chi connectivity index (χ0n) is 14.6. The number of alkyl halides is 3. The molecule has 0 radical (unpaired) electrons. The number of hydroxylamine groups is 2. The third kappa shape index (κ3) is 4.52. The van der Waals surface area contributed by atoms with E-state index in [1.807, 2.05) is 0 Å². The highest BCUT2D eigenvalue weighted by atomic mass is 32.2. The molecule has 0 aliphatic carbocycles. The molecule has 0 saturated carbocycles.